The summed E-state index contributed by atoms with van der Waals surface area (Å²) in [5.74, 6) is -0.567. The number of halogens is 3. The van der Waals surface area contributed by atoms with Gasteiger partial charge in [-0.3, -0.25) is 0 Å². The number of nitrogens with one attached hydrogen (secondary N) is 1. The van der Waals surface area contributed by atoms with Crippen molar-refractivity contribution >= 4 is 20.1 Å². The molecule has 7 nitrogen and oxygen atoms in total. The van der Waals surface area contributed by atoms with Gasteiger partial charge in [-0.1, -0.05) is 6.07 Å². The standard InChI is InChI=1S/C8H9F3N2O5S2/c1-19(14,15)18-6-3-2-4-7(13-6)20(16,17)12-5-8(9,10)11/h2-4,12H,5H2,1H3. The van der Waals surface area contributed by atoms with Gasteiger partial charge in [-0.25, -0.2) is 13.1 Å². The largest absolute Gasteiger partial charge is 0.402 e. The van der Waals surface area contributed by atoms with Crippen molar-refractivity contribution in [1.29, 1.82) is 0 Å². The Bertz CT molecular complexity index is 684. The highest BCUT2D eigenvalue weighted by molar-refractivity contribution is 7.89. The van der Waals surface area contributed by atoms with Crippen LogP contribution in [0.2, 0.25) is 0 Å². The maximum absolute atomic E-state index is 12.0. The Morgan fingerprint density at radius 1 is 1.25 bits per heavy atom. The number of nitrogens with zero attached hydrogens (tertiary/aromatic N) is 1. The van der Waals surface area contributed by atoms with E-state index < -0.39 is 43.8 Å². The predicted molar refractivity (Wildman–Crippen MR) is 61.0 cm³/mol. The van der Waals surface area contributed by atoms with E-state index in [0.29, 0.717) is 6.26 Å². The molecule has 1 heterocycles. The highest BCUT2D eigenvalue weighted by Gasteiger charge is 2.30. The monoisotopic (exact) mass is 334 g/mol. The predicted octanol–water partition coefficient (Wildman–Crippen LogP) is 0.261. The molecular weight excluding hydrogens is 325 g/mol. The molecule has 0 unspecified atom stereocenters. The van der Waals surface area contributed by atoms with Crippen LogP contribution in [0.25, 0.3) is 0 Å². The lowest BCUT2D eigenvalue weighted by atomic mass is 10.5. The molecular formula is C8H9F3N2O5S2. The maximum atomic E-state index is 12.0. The summed E-state index contributed by atoms with van der Waals surface area (Å²) in [4.78, 5) is 3.31. The van der Waals surface area contributed by atoms with Gasteiger partial charge in [0.1, 0.15) is 6.54 Å². The summed E-state index contributed by atoms with van der Waals surface area (Å²) in [6.07, 6.45) is -4.02. The normalized spacial score (nSPS) is 13.2. The Hall–Kier alpha value is -1.40. The number of hydrogen-bond acceptors (Lipinski definition) is 6. The minimum atomic E-state index is -4.73. The molecule has 0 aliphatic carbocycles. The smallest absolute Gasteiger partial charge is 0.362 e. The lowest BCUT2D eigenvalue weighted by Gasteiger charge is -2.09. The van der Waals surface area contributed by atoms with E-state index in [1.54, 1.807) is 0 Å². The molecule has 1 aromatic rings. The third-order valence-electron chi connectivity index (χ3n) is 1.67. The second-order valence-electron chi connectivity index (χ2n) is 3.54. The second kappa shape index (κ2) is 5.54. The van der Waals surface area contributed by atoms with E-state index in [4.69, 9.17) is 0 Å². The molecule has 0 spiro atoms. The van der Waals surface area contributed by atoms with Crippen LogP contribution in [0.15, 0.2) is 23.2 Å². The number of rotatable bonds is 5. The molecule has 0 aromatic carbocycles. The van der Waals surface area contributed by atoms with Gasteiger partial charge >= 0.3 is 16.3 Å². The van der Waals surface area contributed by atoms with E-state index in [9.17, 15) is 30.0 Å². The van der Waals surface area contributed by atoms with E-state index in [1.165, 1.54) is 4.72 Å². The Balaban J connectivity index is 2.99. The molecule has 0 bridgehead atoms. The zero-order chi connectivity index (χ0) is 15.6. The van der Waals surface area contributed by atoms with Crippen LogP contribution < -0.4 is 8.91 Å². The summed E-state index contributed by atoms with van der Waals surface area (Å²) in [5, 5.41) is -0.789. The van der Waals surface area contributed by atoms with E-state index in [2.05, 4.69) is 9.17 Å². The second-order valence-corrected chi connectivity index (χ2v) is 6.83. The van der Waals surface area contributed by atoms with Crippen LogP contribution in [-0.4, -0.2) is 40.8 Å². The van der Waals surface area contributed by atoms with Crippen LogP contribution in [0.1, 0.15) is 0 Å². The van der Waals surface area contributed by atoms with Crippen molar-refractivity contribution in [3.8, 4) is 5.88 Å². The van der Waals surface area contributed by atoms with Crippen molar-refractivity contribution in [2.45, 2.75) is 11.2 Å². The van der Waals surface area contributed by atoms with Gasteiger partial charge in [-0.15, -0.1) is 0 Å². The van der Waals surface area contributed by atoms with Crippen LogP contribution in [0.4, 0.5) is 13.2 Å². The quantitative estimate of drug-likeness (QED) is 0.775. The first-order chi connectivity index (χ1) is 8.89. The Labute approximate surface area is 113 Å². The molecule has 0 atom stereocenters. The number of aromatic nitrogens is 1. The molecule has 0 radical (unpaired) electrons. The van der Waals surface area contributed by atoms with Crippen molar-refractivity contribution in [3.05, 3.63) is 18.2 Å². The Morgan fingerprint density at radius 2 is 1.85 bits per heavy atom. The fourth-order valence-electron chi connectivity index (χ4n) is 0.998. The average molecular weight is 334 g/mol. The van der Waals surface area contributed by atoms with Crippen molar-refractivity contribution in [1.82, 2.24) is 9.71 Å². The molecule has 0 aliphatic rings. The van der Waals surface area contributed by atoms with Gasteiger partial charge in [0.25, 0.3) is 10.0 Å². The minimum absolute atomic E-state index is 0.567. The lowest BCUT2D eigenvalue weighted by Crippen LogP contribution is -2.34. The van der Waals surface area contributed by atoms with Crippen LogP contribution >= 0.6 is 0 Å². The summed E-state index contributed by atoms with van der Waals surface area (Å²) >= 11 is 0. The van der Waals surface area contributed by atoms with Crippen molar-refractivity contribution in [2.24, 2.45) is 0 Å². The van der Waals surface area contributed by atoms with Crippen LogP contribution in [0.3, 0.4) is 0 Å². The third kappa shape index (κ3) is 5.71. The first kappa shape index (κ1) is 16.7. The number of alkyl halides is 3. The van der Waals surface area contributed by atoms with Crippen LogP contribution in [0, 0.1) is 0 Å². The molecule has 114 valence electrons. The van der Waals surface area contributed by atoms with E-state index in [1.807, 2.05) is 0 Å². The first-order valence-electron chi connectivity index (χ1n) is 4.82. The summed E-state index contributed by atoms with van der Waals surface area (Å²) in [6.45, 7) is -1.77. The number of pyridine rings is 1. The van der Waals surface area contributed by atoms with Gasteiger partial charge in [-0.2, -0.15) is 26.6 Å². The average Bonchev–Trinajstić information content (AvgIpc) is 2.24. The van der Waals surface area contributed by atoms with Gasteiger partial charge in [-0.05, 0) is 6.07 Å². The van der Waals surface area contributed by atoms with E-state index >= 15 is 0 Å². The molecule has 12 heteroatoms. The third-order valence-corrected chi connectivity index (χ3v) is 3.45. The fourth-order valence-corrected chi connectivity index (χ4v) is 2.37. The number of sulfonamides is 1. The summed E-state index contributed by atoms with van der Waals surface area (Å²) in [6, 6.07) is 3.02. The molecule has 1 rings (SSSR count). The molecule has 0 aliphatic heterocycles. The molecule has 0 amide bonds. The van der Waals surface area contributed by atoms with Crippen molar-refractivity contribution < 1.29 is 34.2 Å². The summed E-state index contributed by atoms with van der Waals surface area (Å²) in [5.41, 5.74) is 0. The molecule has 1 aromatic heterocycles. The van der Waals surface area contributed by atoms with Crippen LogP contribution in [-0.2, 0) is 20.1 Å². The van der Waals surface area contributed by atoms with Gasteiger partial charge in [0, 0.05) is 6.07 Å². The van der Waals surface area contributed by atoms with E-state index in [0.717, 1.165) is 18.2 Å². The zero-order valence-corrected chi connectivity index (χ0v) is 11.5. The van der Waals surface area contributed by atoms with Gasteiger partial charge in [0.2, 0.25) is 5.88 Å². The zero-order valence-electron chi connectivity index (χ0n) is 9.88. The minimum Gasteiger partial charge on any atom is -0.362 e. The number of hydrogen-bond donors (Lipinski definition) is 1. The molecule has 0 fully saturated rings. The summed E-state index contributed by atoms with van der Waals surface area (Å²) < 4.78 is 86.2. The fraction of sp³-hybridized carbons (Fsp3) is 0.375. The summed E-state index contributed by atoms with van der Waals surface area (Å²) in [7, 11) is -8.46. The van der Waals surface area contributed by atoms with Gasteiger partial charge < -0.3 is 4.18 Å². The first-order valence-corrected chi connectivity index (χ1v) is 8.12. The lowest BCUT2D eigenvalue weighted by molar-refractivity contribution is -0.121. The highest BCUT2D eigenvalue weighted by Crippen LogP contribution is 2.16. The van der Waals surface area contributed by atoms with Gasteiger partial charge in [0.15, 0.2) is 5.03 Å². The van der Waals surface area contributed by atoms with E-state index in [-0.39, 0.29) is 0 Å². The SMILES string of the molecule is CS(=O)(=O)Oc1cccc(S(=O)(=O)NCC(F)(F)F)n1. The molecule has 0 saturated heterocycles. The van der Waals surface area contributed by atoms with Crippen molar-refractivity contribution in [3.63, 3.8) is 0 Å². The van der Waals surface area contributed by atoms with Gasteiger partial charge in [0.05, 0.1) is 6.26 Å². The Kier molecular flexibility index (Phi) is 4.61. The van der Waals surface area contributed by atoms with Crippen molar-refractivity contribution in [2.75, 3.05) is 12.8 Å². The molecule has 1 N–H and O–H groups in total. The molecule has 0 saturated carbocycles. The Morgan fingerprint density at radius 3 is 2.35 bits per heavy atom. The van der Waals surface area contributed by atoms with Crippen LogP contribution in [0.5, 0.6) is 5.88 Å². The molecule has 20 heavy (non-hydrogen) atoms. The highest BCUT2D eigenvalue weighted by atomic mass is 32.2. The topological polar surface area (TPSA) is 102 Å². The maximum Gasteiger partial charge on any atom is 0.402 e.